The predicted molar refractivity (Wildman–Crippen MR) is 187 cm³/mol. The first-order valence-corrected chi connectivity index (χ1v) is 17.9. The van der Waals surface area contributed by atoms with E-state index in [1.54, 1.807) is 28.4 Å². The molecule has 1 aromatic heterocycles. The van der Waals surface area contributed by atoms with Crippen LogP contribution >= 0.6 is 22.9 Å². The maximum absolute atomic E-state index is 14.1. The van der Waals surface area contributed by atoms with Crippen molar-refractivity contribution in [1.82, 2.24) is 29.8 Å². The monoisotopic (exact) mass is 680 g/mol. The molecule has 3 saturated heterocycles. The van der Waals surface area contributed by atoms with E-state index in [0.29, 0.717) is 67.9 Å². The van der Waals surface area contributed by atoms with Gasteiger partial charge in [0.25, 0.3) is 0 Å². The number of piperidine rings is 2. The van der Waals surface area contributed by atoms with Gasteiger partial charge in [0.2, 0.25) is 5.91 Å². The van der Waals surface area contributed by atoms with Crippen molar-refractivity contribution >= 4 is 52.3 Å². The molecule has 0 unspecified atom stereocenters. The van der Waals surface area contributed by atoms with Gasteiger partial charge in [0.05, 0.1) is 22.9 Å². The quantitative estimate of drug-likeness (QED) is 0.316. The molecule has 5 amide bonds. The number of hydrogen-bond acceptors (Lipinski definition) is 7. The van der Waals surface area contributed by atoms with Crippen LogP contribution in [0, 0.1) is 12.3 Å². The average molecular weight is 681 g/mol. The van der Waals surface area contributed by atoms with E-state index in [1.165, 1.54) is 0 Å². The van der Waals surface area contributed by atoms with Gasteiger partial charge in [-0.25, -0.2) is 9.59 Å². The summed E-state index contributed by atoms with van der Waals surface area (Å²) in [5, 5.41) is 8.37. The van der Waals surface area contributed by atoms with Crippen molar-refractivity contribution in [3.8, 4) is 12.3 Å². The minimum atomic E-state index is -0.793. The largest absolute Gasteiger partial charge is 0.397 e. The number of carbonyl (C=O) groups is 3. The Morgan fingerprint density at radius 2 is 1.79 bits per heavy atom. The molecule has 1 aromatic carbocycles. The highest BCUT2D eigenvalue weighted by Gasteiger charge is 2.36. The van der Waals surface area contributed by atoms with E-state index in [2.05, 4.69) is 33.4 Å². The maximum Gasteiger partial charge on any atom is 0.322 e. The third-order valence-corrected chi connectivity index (χ3v) is 11.4. The van der Waals surface area contributed by atoms with Gasteiger partial charge in [-0.05, 0) is 81.4 Å². The van der Waals surface area contributed by atoms with Crippen molar-refractivity contribution < 1.29 is 14.4 Å². The predicted octanol–water partition coefficient (Wildman–Crippen LogP) is 3.73. The molecule has 1 atom stereocenters. The van der Waals surface area contributed by atoms with Crippen molar-refractivity contribution in [2.24, 2.45) is 0 Å². The minimum absolute atomic E-state index is 0.0386. The van der Waals surface area contributed by atoms with Gasteiger partial charge in [0.15, 0.2) is 0 Å². The summed E-state index contributed by atoms with van der Waals surface area (Å²) in [7, 11) is 2.18. The summed E-state index contributed by atoms with van der Waals surface area (Å²) in [4.78, 5) is 52.2. The number of hydrogen-bond donors (Lipinski definition) is 3. The molecule has 5 heterocycles. The molecule has 2 aromatic rings. The van der Waals surface area contributed by atoms with Crippen LogP contribution in [0.25, 0.3) is 0 Å². The van der Waals surface area contributed by atoms with Gasteiger partial charge < -0.3 is 36.0 Å². The zero-order valence-electron chi connectivity index (χ0n) is 27.0. The average Bonchev–Trinajstić information content (AvgIpc) is 3.42. The summed E-state index contributed by atoms with van der Waals surface area (Å²) >= 11 is 8.04. The van der Waals surface area contributed by atoms with Crippen molar-refractivity contribution in [2.45, 2.75) is 63.2 Å². The number of nitrogen functional groups attached to an aromatic ring is 1. The van der Waals surface area contributed by atoms with E-state index in [1.807, 2.05) is 21.2 Å². The van der Waals surface area contributed by atoms with Crippen molar-refractivity contribution in [3.05, 3.63) is 44.6 Å². The van der Waals surface area contributed by atoms with Crippen LogP contribution in [-0.2, 0) is 17.8 Å². The summed E-state index contributed by atoms with van der Waals surface area (Å²) in [6.45, 7) is 7.19. The number of thiophene rings is 1. The lowest BCUT2D eigenvalue weighted by Gasteiger charge is -2.41. The fraction of sp³-hybridized carbons (Fsp3) is 0.559. The van der Waals surface area contributed by atoms with Crippen LogP contribution in [0.3, 0.4) is 0 Å². The minimum Gasteiger partial charge on any atom is -0.397 e. The number of likely N-dealkylation sites (tertiary alicyclic amines) is 2. The number of nitrogens with zero attached hydrogens (tertiary/aromatic N) is 5. The summed E-state index contributed by atoms with van der Waals surface area (Å²) in [6.07, 6.45) is 10.2. The molecule has 47 heavy (non-hydrogen) atoms. The molecule has 0 spiro atoms. The number of terminal acetylenes is 1. The Hall–Kier alpha value is -3.50. The summed E-state index contributed by atoms with van der Waals surface area (Å²) in [6, 6.07) is 4.75. The molecule has 0 bridgehead atoms. The fourth-order valence-corrected chi connectivity index (χ4v) is 8.42. The number of halogens is 1. The van der Waals surface area contributed by atoms with Crippen LogP contribution in [0.4, 0.5) is 21.0 Å². The maximum atomic E-state index is 14.1. The molecule has 3 fully saturated rings. The topological polar surface area (TPSA) is 117 Å². The highest BCUT2D eigenvalue weighted by atomic mass is 35.5. The zero-order chi connectivity index (χ0) is 33.1. The van der Waals surface area contributed by atoms with Gasteiger partial charge in [-0.15, -0.1) is 17.8 Å². The number of fused-ring (bicyclic) bond motifs is 1. The highest BCUT2D eigenvalue weighted by molar-refractivity contribution is 7.10. The van der Waals surface area contributed by atoms with Crippen LogP contribution < -0.4 is 16.4 Å². The normalized spacial score (nSPS) is 21.0. The van der Waals surface area contributed by atoms with E-state index >= 15 is 0 Å². The lowest BCUT2D eigenvalue weighted by Crippen LogP contribution is -2.57. The Kier molecular flexibility index (Phi) is 10.5. The molecule has 6 rings (SSSR count). The Balaban J connectivity index is 1.10. The molecule has 0 aliphatic carbocycles. The Bertz CT molecular complexity index is 1510. The van der Waals surface area contributed by atoms with Gasteiger partial charge in [-0.1, -0.05) is 17.5 Å². The molecular weight excluding hydrogens is 636 g/mol. The molecule has 4 aliphatic rings. The van der Waals surface area contributed by atoms with E-state index in [9.17, 15) is 14.4 Å². The van der Waals surface area contributed by atoms with Gasteiger partial charge in [-0.2, -0.15) is 0 Å². The molecule has 13 heteroatoms. The lowest BCUT2D eigenvalue weighted by atomic mass is 9.98. The Morgan fingerprint density at radius 3 is 2.53 bits per heavy atom. The van der Waals surface area contributed by atoms with Gasteiger partial charge in [-0.3, -0.25) is 9.69 Å². The number of amides is 5. The third-order valence-electron chi connectivity index (χ3n) is 10.2. The van der Waals surface area contributed by atoms with Gasteiger partial charge in [0, 0.05) is 68.2 Å². The number of nitrogens with one attached hydrogen (secondary N) is 2. The smallest absolute Gasteiger partial charge is 0.322 e. The third kappa shape index (κ3) is 7.64. The van der Waals surface area contributed by atoms with Crippen molar-refractivity contribution in [3.63, 3.8) is 0 Å². The second kappa shape index (κ2) is 14.7. The van der Waals surface area contributed by atoms with Crippen molar-refractivity contribution in [2.75, 3.05) is 70.5 Å². The van der Waals surface area contributed by atoms with E-state index < -0.39 is 6.04 Å². The number of anilines is 2. The summed E-state index contributed by atoms with van der Waals surface area (Å²) in [5.41, 5.74) is 8.49. The van der Waals surface area contributed by atoms with E-state index in [4.69, 9.17) is 23.8 Å². The summed E-state index contributed by atoms with van der Waals surface area (Å²) < 4.78 is 0. The molecular formula is C34H45ClN8O3S. The first kappa shape index (κ1) is 33.4. The number of urea groups is 2. The SMILES string of the molecule is C#Cc1cc(C[C@@H](NC(=O)N2CCC(N3Cc4sccc4NC3=O)CC2)C(=O)N2CCC(N3CCCN(C)CC3)CC2)cc(Cl)c1N. The molecule has 0 radical (unpaired) electrons. The van der Waals surface area contributed by atoms with E-state index in [0.717, 1.165) is 61.6 Å². The Morgan fingerprint density at radius 1 is 1.06 bits per heavy atom. The fourth-order valence-electron chi connectivity index (χ4n) is 7.35. The molecule has 252 valence electrons. The number of likely N-dealkylation sites (N-methyl/N-ethyl adjacent to an activating group) is 1. The lowest BCUT2D eigenvalue weighted by molar-refractivity contribution is -0.134. The summed E-state index contributed by atoms with van der Waals surface area (Å²) in [5.74, 6) is 2.47. The van der Waals surface area contributed by atoms with Crippen molar-refractivity contribution in [1.29, 1.82) is 0 Å². The molecule has 0 saturated carbocycles. The highest BCUT2D eigenvalue weighted by Crippen LogP contribution is 2.31. The first-order chi connectivity index (χ1) is 22.7. The Labute approximate surface area is 286 Å². The van der Waals surface area contributed by atoms with Crippen LogP contribution in [0.1, 0.15) is 48.1 Å². The second-order valence-electron chi connectivity index (χ2n) is 13.2. The number of rotatable bonds is 6. The van der Waals surface area contributed by atoms with Crippen LogP contribution in [0.5, 0.6) is 0 Å². The van der Waals surface area contributed by atoms with Gasteiger partial charge in [0.1, 0.15) is 6.04 Å². The molecule has 4 N–H and O–H groups in total. The molecule has 4 aliphatic heterocycles. The van der Waals surface area contributed by atoms with E-state index in [-0.39, 0.29) is 30.4 Å². The van der Waals surface area contributed by atoms with Crippen LogP contribution in [0.15, 0.2) is 23.6 Å². The second-order valence-corrected chi connectivity index (χ2v) is 14.6. The standard InChI is InChI=1S/C34H45ClN8O3S/c1-3-24-19-23(20-27(35)31(24)36)21-29(32(44)41-12-5-25(6-13-41)40-11-4-10-39(2)16-17-40)38-33(45)42-14-7-26(8-15-42)43-22-30-28(9-18-47-30)37-34(43)46/h1,9,18-20,25-26,29H,4-8,10-17,21-22,36H2,2H3,(H,37,46)(H,38,45)/t29-/m1/s1. The zero-order valence-corrected chi connectivity index (χ0v) is 28.6. The van der Waals surface area contributed by atoms with Crippen LogP contribution in [0.2, 0.25) is 5.02 Å². The van der Waals surface area contributed by atoms with Gasteiger partial charge >= 0.3 is 12.1 Å². The number of nitrogens with two attached hydrogens (primary N) is 1. The number of benzene rings is 1. The molecule has 11 nitrogen and oxygen atoms in total. The van der Waals surface area contributed by atoms with Crippen LogP contribution in [-0.4, -0.2) is 120 Å². The number of carbonyl (C=O) groups excluding carboxylic acids is 3. The first-order valence-electron chi connectivity index (χ1n) is 16.7.